The van der Waals surface area contributed by atoms with Crippen LogP contribution in [0.25, 0.3) is 0 Å². The summed E-state index contributed by atoms with van der Waals surface area (Å²) in [7, 11) is 0. The van der Waals surface area contributed by atoms with Gasteiger partial charge in [-0.15, -0.1) is 0 Å². The molecule has 0 aliphatic heterocycles. The lowest BCUT2D eigenvalue weighted by molar-refractivity contribution is -0.174. The number of carbonyl (C=O) groups excluding carboxylic acids is 3. The quantitative estimate of drug-likeness (QED) is 0.336. The van der Waals surface area contributed by atoms with Crippen LogP contribution in [-0.2, 0) is 28.7 Å². The molecule has 0 heterocycles. The molecule has 2 N–H and O–H groups in total. The van der Waals surface area contributed by atoms with E-state index in [-0.39, 0.29) is 38.1 Å². The fraction of sp³-hybridized carbons (Fsp3) is 0.789. The molecular weight excluding hydrogens is 354 g/mol. The molecule has 8 heteroatoms. The van der Waals surface area contributed by atoms with Crippen molar-refractivity contribution >= 4 is 23.8 Å². The van der Waals surface area contributed by atoms with E-state index in [1.54, 1.807) is 41.5 Å². The number of esters is 2. The van der Waals surface area contributed by atoms with Crippen LogP contribution in [0.3, 0.4) is 0 Å². The summed E-state index contributed by atoms with van der Waals surface area (Å²) < 4.78 is 10.6. The molecule has 0 rings (SSSR count). The van der Waals surface area contributed by atoms with Crippen LogP contribution in [0.1, 0.15) is 73.6 Å². The number of amides is 1. The Kier molecular flexibility index (Phi) is 10.0. The molecule has 8 nitrogen and oxygen atoms in total. The molecule has 0 aromatic heterocycles. The second-order valence-corrected chi connectivity index (χ2v) is 8.36. The minimum absolute atomic E-state index is 0.0627. The van der Waals surface area contributed by atoms with Gasteiger partial charge in [-0.05, 0) is 60.8 Å². The van der Waals surface area contributed by atoms with Crippen molar-refractivity contribution in [3.8, 4) is 0 Å². The zero-order chi connectivity index (χ0) is 21.3. The van der Waals surface area contributed by atoms with E-state index in [1.807, 2.05) is 0 Å². The number of ether oxygens (including phenoxy) is 2. The van der Waals surface area contributed by atoms with Crippen LogP contribution in [0.2, 0.25) is 0 Å². The number of carbonyl (C=O) groups is 4. The van der Waals surface area contributed by atoms with Crippen LogP contribution in [0, 0.1) is 5.92 Å². The maximum atomic E-state index is 12.4. The van der Waals surface area contributed by atoms with E-state index < -0.39 is 35.0 Å². The van der Waals surface area contributed by atoms with E-state index in [2.05, 4.69) is 5.32 Å². The molecule has 0 aliphatic carbocycles. The fourth-order valence-electron chi connectivity index (χ4n) is 2.10. The van der Waals surface area contributed by atoms with Gasteiger partial charge in [0, 0.05) is 19.4 Å². The third-order valence-corrected chi connectivity index (χ3v) is 3.17. The minimum atomic E-state index is -1.06. The summed E-state index contributed by atoms with van der Waals surface area (Å²) in [6.45, 7) is 10.6. The lowest BCUT2D eigenvalue weighted by Crippen LogP contribution is -2.37. The van der Waals surface area contributed by atoms with Gasteiger partial charge in [0.2, 0.25) is 5.91 Å². The van der Waals surface area contributed by atoms with Crippen LogP contribution in [-0.4, -0.2) is 46.7 Å². The molecule has 0 aliphatic rings. The molecule has 0 saturated heterocycles. The normalized spacial score (nSPS) is 11.8. The smallest absolute Gasteiger partial charge is 0.320 e. The van der Waals surface area contributed by atoms with Crippen molar-refractivity contribution < 1.29 is 33.8 Å². The van der Waals surface area contributed by atoms with Gasteiger partial charge in [-0.3, -0.25) is 19.2 Å². The zero-order valence-electron chi connectivity index (χ0n) is 17.2. The summed E-state index contributed by atoms with van der Waals surface area (Å²) >= 11 is 0. The Morgan fingerprint density at radius 3 is 1.74 bits per heavy atom. The molecule has 0 radical (unpaired) electrons. The summed E-state index contributed by atoms with van der Waals surface area (Å²) in [5.74, 6) is -3.57. The Bertz CT molecular complexity index is 501. The van der Waals surface area contributed by atoms with Gasteiger partial charge in [-0.2, -0.15) is 0 Å². The monoisotopic (exact) mass is 387 g/mol. The summed E-state index contributed by atoms with van der Waals surface area (Å²) in [6.07, 6.45) is 0.882. The molecule has 0 aromatic carbocycles. The molecule has 0 aromatic rings. The summed E-state index contributed by atoms with van der Waals surface area (Å²) in [5.41, 5.74) is -1.45. The first-order valence-electron chi connectivity index (χ1n) is 9.15. The SMILES string of the molecule is CC(C)(C)OC(=O)C(CCCNC(=O)CCCC(=O)O)C(=O)OC(C)(C)C. The van der Waals surface area contributed by atoms with Crippen LogP contribution in [0.4, 0.5) is 0 Å². The van der Waals surface area contributed by atoms with Crippen molar-refractivity contribution in [3.05, 3.63) is 0 Å². The minimum Gasteiger partial charge on any atom is -0.481 e. The molecule has 156 valence electrons. The first-order chi connectivity index (χ1) is 12.2. The van der Waals surface area contributed by atoms with Crippen LogP contribution in [0.15, 0.2) is 0 Å². The van der Waals surface area contributed by atoms with Crippen molar-refractivity contribution in [2.45, 2.75) is 84.8 Å². The van der Waals surface area contributed by atoms with Crippen LogP contribution >= 0.6 is 0 Å². The molecule has 0 spiro atoms. The van der Waals surface area contributed by atoms with Gasteiger partial charge in [-0.1, -0.05) is 0 Å². The molecule has 0 atom stereocenters. The molecule has 1 amide bonds. The average molecular weight is 387 g/mol. The fourth-order valence-corrected chi connectivity index (χ4v) is 2.10. The van der Waals surface area contributed by atoms with Gasteiger partial charge in [-0.25, -0.2) is 0 Å². The highest BCUT2D eigenvalue weighted by Crippen LogP contribution is 2.19. The van der Waals surface area contributed by atoms with Crippen molar-refractivity contribution in [1.82, 2.24) is 5.32 Å². The number of aliphatic carboxylic acids is 1. The van der Waals surface area contributed by atoms with Gasteiger partial charge in [0.15, 0.2) is 5.92 Å². The topological polar surface area (TPSA) is 119 Å². The lowest BCUT2D eigenvalue weighted by atomic mass is 10.0. The predicted molar refractivity (Wildman–Crippen MR) is 98.9 cm³/mol. The highest BCUT2D eigenvalue weighted by Gasteiger charge is 2.34. The van der Waals surface area contributed by atoms with Crippen molar-refractivity contribution in [2.24, 2.45) is 5.92 Å². The first-order valence-corrected chi connectivity index (χ1v) is 9.15. The maximum Gasteiger partial charge on any atom is 0.320 e. The molecule has 27 heavy (non-hydrogen) atoms. The number of rotatable bonds is 10. The number of carboxylic acid groups (broad SMARTS) is 1. The Hall–Kier alpha value is -2.12. The number of nitrogens with one attached hydrogen (secondary N) is 1. The summed E-state index contributed by atoms with van der Waals surface area (Å²) in [6, 6.07) is 0. The Morgan fingerprint density at radius 2 is 1.33 bits per heavy atom. The molecule has 0 saturated carbocycles. The van der Waals surface area contributed by atoms with E-state index in [9.17, 15) is 19.2 Å². The Morgan fingerprint density at radius 1 is 0.852 bits per heavy atom. The van der Waals surface area contributed by atoms with Crippen molar-refractivity contribution in [3.63, 3.8) is 0 Å². The second kappa shape index (κ2) is 10.9. The lowest BCUT2D eigenvalue weighted by Gasteiger charge is -2.26. The summed E-state index contributed by atoms with van der Waals surface area (Å²) in [4.78, 5) is 46.8. The second-order valence-electron chi connectivity index (χ2n) is 8.36. The van der Waals surface area contributed by atoms with Crippen molar-refractivity contribution in [2.75, 3.05) is 6.54 Å². The van der Waals surface area contributed by atoms with Crippen LogP contribution in [0.5, 0.6) is 0 Å². The molecule has 0 bridgehead atoms. The zero-order valence-corrected chi connectivity index (χ0v) is 17.2. The summed E-state index contributed by atoms with van der Waals surface area (Å²) in [5, 5.41) is 11.2. The Balaban J connectivity index is 4.59. The van der Waals surface area contributed by atoms with Gasteiger partial charge in [0.1, 0.15) is 11.2 Å². The average Bonchev–Trinajstić information content (AvgIpc) is 2.42. The van der Waals surface area contributed by atoms with Gasteiger partial charge >= 0.3 is 17.9 Å². The van der Waals surface area contributed by atoms with Gasteiger partial charge in [0.25, 0.3) is 0 Å². The first kappa shape index (κ1) is 24.9. The van der Waals surface area contributed by atoms with Gasteiger partial charge < -0.3 is 19.9 Å². The number of hydrogen-bond acceptors (Lipinski definition) is 6. The Labute approximate surface area is 161 Å². The third-order valence-electron chi connectivity index (χ3n) is 3.17. The molecule has 0 unspecified atom stereocenters. The highest BCUT2D eigenvalue weighted by molar-refractivity contribution is 5.95. The predicted octanol–water partition coefficient (Wildman–Crippen LogP) is 2.44. The van der Waals surface area contributed by atoms with E-state index in [1.165, 1.54) is 0 Å². The largest absolute Gasteiger partial charge is 0.481 e. The highest BCUT2D eigenvalue weighted by atomic mass is 16.6. The third kappa shape index (κ3) is 13.7. The number of carboxylic acids is 1. The maximum absolute atomic E-state index is 12.4. The molecular formula is C19H33NO7. The van der Waals surface area contributed by atoms with Crippen LogP contribution < -0.4 is 5.32 Å². The van der Waals surface area contributed by atoms with E-state index in [4.69, 9.17) is 14.6 Å². The molecule has 0 fully saturated rings. The van der Waals surface area contributed by atoms with Gasteiger partial charge in [0.05, 0.1) is 0 Å². The number of hydrogen-bond donors (Lipinski definition) is 2. The van der Waals surface area contributed by atoms with E-state index >= 15 is 0 Å². The van der Waals surface area contributed by atoms with Crippen molar-refractivity contribution in [1.29, 1.82) is 0 Å². The van der Waals surface area contributed by atoms with E-state index in [0.29, 0.717) is 6.42 Å². The van der Waals surface area contributed by atoms with E-state index in [0.717, 1.165) is 0 Å². The standard InChI is InChI=1S/C19H33NO7/c1-18(2,3)26-16(24)13(17(25)27-19(4,5)6)9-8-12-20-14(21)10-7-11-15(22)23/h13H,7-12H2,1-6H3,(H,20,21)(H,22,23).